The molecule has 0 bridgehead atoms. The first kappa shape index (κ1) is 15.0. The fourth-order valence-electron chi connectivity index (χ4n) is 2.69. The van der Waals surface area contributed by atoms with Gasteiger partial charge in [0, 0.05) is 12.2 Å². The molecule has 20 heavy (non-hydrogen) atoms. The number of hydrogen-bond donors (Lipinski definition) is 1. The standard InChI is InChI=1S/C17H26N2O/c1-4-10-18-16-9-6-11-19(17(16)20)15-8-5-7-14(12-15)13(2)3/h5,7-8,12-13,16,18H,4,6,9-11H2,1-3H3. The van der Waals surface area contributed by atoms with Crippen molar-refractivity contribution in [2.45, 2.75) is 52.0 Å². The molecule has 1 atom stereocenters. The third-order valence-corrected chi connectivity index (χ3v) is 3.93. The zero-order valence-corrected chi connectivity index (χ0v) is 12.9. The van der Waals surface area contributed by atoms with Crippen molar-refractivity contribution in [3.05, 3.63) is 29.8 Å². The zero-order chi connectivity index (χ0) is 14.5. The van der Waals surface area contributed by atoms with E-state index in [0.717, 1.165) is 38.0 Å². The molecule has 0 saturated carbocycles. The van der Waals surface area contributed by atoms with Crippen LogP contribution in [0.3, 0.4) is 0 Å². The van der Waals surface area contributed by atoms with Crippen molar-refractivity contribution < 1.29 is 4.79 Å². The van der Waals surface area contributed by atoms with Crippen molar-refractivity contribution >= 4 is 11.6 Å². The summed E-state index contributed by atoms with van der Waals surface area (Å²) < 4.78 is 0. The lowest BCUT2D eigenvalue weighted by Crippen LogP contribution is -2.51. The van der Waals surface area contributed by atoms with Gasteiger partial charge in [0.05, 0.1) is 6.04 Å². The molecule has 1 N–H and O–H groups in total. The van der Waals surface area contributed by atoms with Crippen LogP contribution in [0.25, 0.3) is 0 Å². The van der Waals surface area contributed by atoms with Crippen molar-refractivity contribution in [1.29, 1.82) is 0 Å². The van der Waals surface area contributed by atoms with Gasteiger partial charge in [-0.25, -0.2) is 0 Å². The second kappa shape index (κ2) is 6.89. The van der Waals surface area contributed by atoms with Crippen molar-refractivity contribution in [3.63, 3.8) is 0 Å². The predicted molar refractivity (Wildman–Crippen MR) is 84.2 cm³/mol. The van der Waals surface area contributed by atoms with Gasteiger partial charge in [-0.3, -0.25) is 4.79 Å². The van der Waals surface area contributed by atoms with Gasteiger partial charge < -0.3 is 10.2 Å². The first-order chi connectivity index (χ1) is 9.63. The Hall–Kier alpha value is -1.35. The van der Waals surface area contributed by atoms with Crippen molar-refractivity contribution in [2.24, 2.45) is 0 Å². The van der Waals surface area contributed by atoms with Gasteiger partial charge in [0.1, 0.15) is 0 Å². The quantitative estimate of drug-likeness (QED) is 0.893. The molecule has 1 aliphatic rings. The van der Waals surface area contributed by atoms with E-state index in [1.54, 1.807) is 0 Å². The lowest BCUT2D eigenvalue weighted by atomic mass is 10.00. The number of rotatable bonds is 5. The summed E-state index contributed by atoms with van der Waals surface area (Å²) in [5.41, 5.74) is 2.34. The summed E-state index contributed by atoms with van der Waals surface area (Å²) >= 11 is 0. The van der Waals surface area contributed by atoms with E-state index in [1.165, 1.54) is 5.56 Å². The number of piperidine rings is 1. The van der Waals surface area contributed by atoms with E-state index < -0.39 is 0 Å². The Labute approximate surface area is 122 Å². The molecule has 1 saturated heterocycles. The minimum atomic E-state index is -0.00796. The van der Waals surface area contributed by atoms with Crippen molar-refractivity contribution in [2.75, 3.05) is 18.0 Å². The fraction of sp³-hybridized carbons (Fsp3) is 0.588. The van der Waals surface area contributed by atoms with Gasteiger partial charge in [0.2, 0.25) is 5.91 Å². The summed E-state index contributed by atoms with van der Waals surface area (Å²) in [7, 11) is 0. The highest BCUT2D eigenvalue weighted by atomic mass is 16.2. The Bertz CT molecular complexity index is 456. The van der Waals surface area contributed by atoms with Crippen LogP contribution in [0.1, 0.15) is 51.5 Å². The van der Waals surface area contributed by atoms with Crippen molar-refractivity contribution in [1.82, 2.24) is 5.32 Å². The summed E-state index contributed by atoms with van der Waals surface area (Å²) in [4.78, 5) is 14.5. The zero-order valence-electron chi connectivity index (χ0n) is 12.9. The van der Waals surface area contributed by atoms with Crippen LogP contribution in [0.15, 0.2) is 24.3 Å². The molecule has 1 amide bonds. The molecule has 3 nitrogen and oxygen atoms in total. The Balaban J connectivity index is 2.14. The Kier molecular flexibility index (Phi) is 5.18. The highest BCUT2D eigenvalue weighted by Gasteiger charge is 2.29. The van der Waals surface area contributed by atoms with Crippen LogP contribution in [0.2, 0.25) is 0 Å². The largest absolute Gasteiger partial charge is 0.311 e. The minimum absolute atomic E-state index is 0.00796. The van der Waals surface area contributed by atoms with Crippen LogP contribution in [-0.2, 0) is 4.79 Å². The van der Waals surface area contributed by atoms with E-state index in [0.29, 0.717) is 5.92 Å². The van der Waals surface area contributed by atoms with Gasteiger partial charge in [0.25, 0.3) is 0 Å². The number of carbonyl (C=O) groups is 1. The van der Waals surface area contributed by atoms with E-state index in [2.05, 4.69) is 44.3 Å². The monoisotopic (exact) mass is 274 g/mol. The van der Waals surface area contributed by atoms with Gasteiger partial charge in [-0.1, -0.05) is 32.9 Å². The predicted octanol–water partition coefficient (Wildman–Crippen LogP) is 3.31. The van der Waals surface area contributed by atoms with Crippen LogP contribution < -0.4 is 10.2 Å². The van der Waals surface area contributed by atoms with Crippen LogP contribution in [0, 0.1) is 0 Å². The first-order valence-corrected chi connectivity index (χ1v) is 7.78. The number of hydrogen-bond acceptors (Lipinski definition) is 2. The first-order valence-electron chi connectivity index (χ1n) is 7.78. The smallest absolute Gasteiger partial charge is 0.244 e. The van der Waals surface area contributed by atoms with Gasteiger partial charge in [-0.15, -0.1) is 0 Å². The second-order valence-electron chi connectivity index (χ2n) is 5.89. The molecular weight excluding hydrogens is 248 g/mol. The van der Waals surface area contributed by atoms with Crippen LogP contribution >= 0.6 is 0 Å². The second-order valence-corrected chi connectivity index (χ2v) is 5.89. The summed E-state index contributed by atoms with van der Waals surface area (Å²) in [6, 6.07) is 8.39. The topological polar surface area (TPSA) is 32.3 Å². The van der Waals surface area contributed by atoms with E-state index in [1.807, 2.05) is 11.0 Å². The lowest BCUT2D eigenvalue weighted by Gasteiger charge is -2.33. The Morgan fingerprint density at radius 1 is 1.40 bits per heavy atom. The fourth-order valence-corrected chi connectivity index (χ4v) is 2.69. The molecule has 1 heterocycles. The SMILES string of the molecule is CCCNC1CCCN(c2cccc(C(C)C)c2)C1=O. The molecule has 2 rings (SSSR count). The average Bonchev–Trinajstić information content (AvgIpc) is 2.46. The number of anilines is 1. The number of amides is 1. The van der Waals surface area contributed by atoms with Gasteiger partial charge in [0.15, 0.2) is 0 Å². The maximum atomic E-state index is 12.6. The summed E-state index contributed by atoms with van der Waals surface area (Å²) in [6.45, 7) is 8.25. The molecule has 110 valence electrons. The third kappa shape index (κ3) is 3.40. The number of nitrogens with zero attached hydrogens (tertiary/aromatic N) is 1. The molecular formula is C17H26N2O. The lowest BCUT2D eigenvalue weighted by molar-refractivity contribution is -0.121. The summed E-state index contributed by atoms with van der Waals surface area (Å²) in [5.74, 6) is 0.717. The van der Waals surface area contributed by atoms with E-state index in [-0.39, 0.29) is 11.9 Å². The average molecular weight is 274 g/mol. The van der Waals surface area contributed by atoms with E-state index >= 15 is 0 Å². The molecule has 0 radical (unpaired) electrons. The number of carbonyl (C=O) groups excluding carboxylic acids is 1. The number of benzene rings is 1. The van der Waals surface area contributed by atoms with Crippen molar-refractivity contribution in [3.8, 4) is 0 Å². The summed E-state index contributed by atoms with van der Waals surface area (Å²) in [6.07, 6.45) is 3.09. The van der Waals surface area contributed by atoms with Crippen LogP contribution in [0.5, 0.6) is 0 Å². The van der Waals surface area contributed by atoms with Crippen LogP contribution in [-0.4, -0.2) is 25.0 Å². The number of nitrogens with one attached hydrogen (secondary N) is 1. The maximum absolute atomic E-state index is 12.6. The molecule has 1 aromatic carbocycles. The molecule has 0 spiro atoms. The van der Waals surface area contributed by atoms with E-state index in [4.69, 9.17) is 0 Å². The third-order valence-electron chi connectivity index (χ3n) is 3.93. The minimum Gasteiger partial charge on any atom is -0.311 e. The highest BCUT2D eigenvalue weighted by Crippen LogP contribution is 2.25. The molecule has 1 unspecified atom stereocenters. The van der Waals surface area contributed by atoms with E-state index in [9.17, 15) is 4.79 Å². The van der Waals surface area contributed by atoms with Gasteiger partial charge in [-0.05, 0) is 49.4 Å². The Morgan fingerprint density at radius 3 is 2.90 bits per heavy atom. The van der Waals surface area contributed by atoms with Crippen LogP contribution in [0.4, 0.5) is 5.69 Å². The molecule has 1 aromatic rings. The highest BCUT2D eigenvalue weighted by molar-refractivity contribution is 5.98. The molecule has 3 heteroatoms. The molecule has 0 aromatic heterocycles. The molecule has 1 aliphatic heterocycles. The maximum Gasteiger partial charge on any atom is 0.244 e. The van der Waals surface area contributed by atoms with Gasteiger partial charge >= 0.3 is 0 Å². The Morgan fingerprint density at radius 2 is 2.20 bits per heavy atom. The normalized spacial score (nSPS) is 19.7. The van der Waals surface area contributed by atoms with Gasteiger partial charge in [-0.2, -0.15) is 0 Å². The molecule has 1 fully saturated rings. The molecule has 0 aliphatic carbocycles. The summed E-state index contributed by atoms with van der Waals surface area (Å²) in [5, 5.41) is 3.37.